The van der Waals surface area contributed by atoms with Crippen molar-refractivity contribution in [1.29, 1.82) is 0 Å². The largest absolute Gasteiger partial charge is 0.464 e. The lowest BCUT2D eigenvalue weighted by Crippen LogP contribution is -2.08. The third-order valence-corrected chi connectivity index (χ3v) is 2.86. The van der Waals surface area contributed by atoms with Gasteiger partial charge >= 0.3 is 0 Å². The van der Waals surface area contributed by atoms with Crippen molar-refractivity contribution in [3.8, 4) is 0 Å². The second-order valence-corrected chi connectivity index (χ2v) is 4.65. The molecule has 2 aromatic heterocycles. The summed E-state index contributed by atoms with van der Waals surface area (Å²) in [6.45, 7) is 7.08. The maximum absolute atomic E-state index is 5.61. The van der Waals surface area contributed by atoms with Gasteiger partial charge in [0.15, 0.2) is 0 Å². The van der Waals surface area contributed by atoms with E-state index in [2.05, 4.69) is 29.5 Å². The maximum atomic E-state index is 5.61. The molecule has 4 nitrogen and oxygen atoms in total. The number of anilines is 2. The smallest absolute Gasteiger partial charge is 0.128 e. The lowest BCUT2D eigenvalue weighted by Gasteiger charge is -2.13. The zero-order valence-corrected chi connectivity index (χ0v) is 11.7. The summed E-state index contributed by atoms with van der Waals surface area (Å²) in [5.74, 6) is 3.60. The number of pyridine rings is 1. The first-order valence-corrected chi connectivity index (χ1v) is 6.73. The van der Waals surface area contributed by atoms with Gasteiger partial charge in [-0.1, -0.05) is 13.0 Å². The van der Waals surface area contributed by atoms with Gasteiger partial charge in [0.2, 0.25) is 0 Å². The van der Waals surface area contributed by atoms with Crippen LogP contribution in [0.25, 0.3) is 0 Å². The van der Waals surface area contributed by atoms with Crippen molar-refractivity contribution in [2.75, 3.05) is 17.2 Å². The molecule has 2 heterocycles. The fourth-order valence-corrected chi connectivity index (χ4v) is 1.85. The number of hydrogen-bond acceptors (Lipinski definition) is 4. The average Bonchev–Trinajstić information content (AvgIpc) is 2.83. The molecule has 0 aromatic carbocycles. The first-order valence-electron chi connectivity index (χ1n) is 6.73. The van der Waals surface area contributed by atoms with Crippen molar-refractivity contribution in [1.82, 2.24) is 4.98 Å². The quantitative estimate of drug-likeness (QED) is 0.824. The number of hydrogen-bond donors (Lipinski definition) is 2. The van der Waals surface area contributed by atoms with Crippen molar-refractivity contribution in [3.63, 3.8) is 0 Å². The Kier molecular flexibility index (Phi) is 4.44. The maximum Gasteiger partial charge on any atom is 0.128 e. The Morgan fingerprint density at radius 1 is 1.21 bits per heavy atom. The van der Waals surface area contributed by atoms with Crippen molar-refractivity contribution in [3.05, 3.63) is 41.9 Å². The molecule has 19 heavy (non-hydrogen) atoms. The van der Waals surface area contributed by atoms with Crippen LogP contribution in [0.3, 0.4) is 0 Å². The Morgan fingerprint density at radius 2 is 2.00 bits per heavy atom. The molecule has 102 valence electrons. The van der Waals surface area contributed by atoms with Crippen molar-refractivity contribution < 1.29 is 4.42 Å². The Hall–Kier alpha value is -1.97. The summed E-state index contributed by atoms with van der Waals surface area (Å²) in [6.07, 6.45) is 1.08. The molecule has 0 aliphatic rings. The molecule has 2 aromatic rings. The van der Waals surface area contributed by atoms with Gasteiger partial charge in [-0.05, 0) is 44.5 Å². The van der Waals surface area contributed by atoms with Gasteiger partial charge in [-0.2, -0.15) is 0 Å². The normalized spacial score (nSPS) is 12.2. The van der Waals surface area contributed by atoms with Crippen LogP contribution < -0.4 is 10.6 Å². The first-order chi connectivity index (χ1) is 9.19. The SMILES string of the molecule is CCCNc1cccc(NC(C)c2ccc(C)o2)n1. The highest BCUT2D eigenvalue weighted by Gasteiger charge is 2.09. The van der Waals surface area contributed by atoms with Crippen LogP contribution in [-0.2, 0) is 0 Å². The van der Waals surface area contributed by atoms with Crippen LogP contribution in [-0.4, -0.2) is 11.5 Å². The Labute approximate surface area is 114 Å². The van der Waals surface area contributed by atoms with Crippen LogP contribution in [0.4, 0.5) is 11.6 Å². The highest BCUT2D eigenvalue weighted by molar-refractivity contribution is 5.46. The van der Waals surface area contributed by atoms with E-state index in [1.54, 1.807) is 0 Å². The van der Waals surface area contributed by atoms with E-state index in [0.29, 0.717) is 0 Å². The van der Waals surface area contributed by atoms with E-state index in [9.17, 15) is 0 Å². The van der Waals surface area contributed by atoms with Crippen LogP contribution in [0.5, 0.6) is 0 Å². The van der Waals surface area contributed by atoms with Gasteiger partial charge in [0.05, 0.1) is 6.04 Å². The van der Waals surface area contributed by atoms with Crippen LogP contribution in [0.1, 0.15) is 37.8 Å². The molecule has 2 rings (SSSR count). The van der Waals surface area contributed by atoms with E-state index in [0.717, 1.165) is 36.1 Å². The number of aryl methyl sites for hydroxylation is 1. The monoisotopic (exact) mass is 259 g/mol. The van der Waals surface area contributed by atoms with E-state index in [-0.39, 0.29) is 6.04 Å². The average molecular weight is 259 g/mol. The third kappa shape index (κ3) is 3.74. The standard InChI is InChI=1S/C15H21N3O/c1-4-10-16-14-6-5-7-15(18-14)17-12(3)13-9-8-11(2)19-13/h5-9,12H,4,10H2,1-3H3,(H2,16,17,18). The fraction of sp³-hybridized carbons (Fsp3) is 0.400. The molecular weight excluding hydrogens is 238 g/mol. The number of furan rings is 1. The van der Waals surface area contributed by atoms with E-state index in [4.69, 9.17) is 4.42 Å². The predicted molar refractivity (Wildman–Crippen MR) is 78.5 cm³/mol. The van der Waals surface area contributed by atoms with Gasteiger partial charge in [-0.15, -0.1) is 0 Å². The zero-order valence-electron chi connectivity index (χ0n) is 11.7. The van der Waals surface area contributed by atoms with Crippen LogP contribution >= 0.6 is 0 Å². The van der Waals surface area contributed by atoms with Crippen LogP contribution in [0, 0.1) is 6.92 Å². The minimum Gasteiger partial charge on any atom is -0.464 e. The van der Waals surface area contributed by atoms with Gasteiger partial charge in [0.25, 0.3) is 0 Å². The molecule has 0 saturated carbocycles. The highest BCUT2D eigenvalue weighted by atomic mass is 16.3. The van der Waals surface area contributed by atoms with Gasteiger partial charge in [0, 0.05) is 6.54 Å². The van der Waals surface area contributed by atoms with Crippen LogP contribution in [0.2, 0.25) is 0 Å². The lowest BCUT2D eigenvalue weighted by atomic mass is 10.2. The summed E-state index contributed by atoms with van der Waals surface area (Å²) >= 11 is 0. The molecule has 0 fully saturated rings. The van der Waals surface area contributed by atoms with Gasteiger partial charge < -0.3 is 15.1 Å². The second kappa shape index (κ2) is 6.27. The highest BCUT2D eigenvalue weighted by Crippen LogP contribution is 2.20. The molecule has 0 aliphatic heterocycles. The summed E-state index contributed by atoms with van der Waals surface area (Å²) in [5, 5.41) is 6.62. The minimum atomic E-state index is 0.0997. The molecule has 0 radical (unpaired) electrons. The van der Waals surface area contributed by atoms with Crippen molar-refractivity contribution >= 4 is 11.6 Å². The van der Waals surface area contributed by atoms with Gasteiger partial charge in [0.1, 0.15) is 23.2 Å². The zero-order chi connectivity index (χ0) is 13.7. The Balaban J connectivity index is 2.02. The predicted octanol–water partition coefficient (Wildman–Crippen LogP) is 3.98. The number of aromatic nitrogens is 1. The molecule has 0 saturated heterocycles. The van der Waals surface area contributed by atoms with Crippen molar-refractivity contribution in [2.24, 2.45) is 0 Å². The second-order valence-electron chi connectivity index (χ2n) is 4.65. The van der Waals surface area contributed by atoms with E-state index in [1.807, 2.05) is 37.3 Å². The minimum absolute atomic E-state index is 0.0997. The summed E-state index contributed by atoms with van der Waals surface area (Å²) < 4.78 is 5.61. The third-order valence-electron chi connectivity index (χ3n) is 2.86. The van der Waals surface area contributed by atoms with Gasteiger partial charge in [-0.3, -0.25) is 0 Å². The molecule has 0 spiro atoms. The van der Waals surface area contributed by atoms with Gasteiger partial charge in [-0.25, -0.2) is 4.98 Å². The molecular formula is C15H21N3O. The Morgan fingerprint density at radius 3 is 2.68 bits per heavy atom. The van der Waals surface area contributed by atoms with Crippen molar-refractivity contribution in [2.45, 2.75) is 33.2 Å². The van der Waals surface area contributed by atoms with Crippen LogP contribution in [0.15, 0.2) is 34.7 Å². The summed E-state index contributed by atoms with van der Waals surface area (Å²) in [7, 11) is 0. The molecule has 2 N–H and O–H groups in total. The molecule has 0 bridgehead atoms. The first kappa shape index (κ1) is 13.5. The van der Waals surface area contributed by atoms with E-state index >= 15 is 0 Å². The topological polar surface area (TPSA) is 50.1 Å². The Bertz CT molecular complexity index is 522. The molecule has 1 atom stereocenters. The number of nitrogens with zero attached hydrogens (tertiary/aromatic N) is 1. The lowest BCUT2D eigenvalue weighted by molar-refractivity contribution is 0.466. The molecule has 0 amide bonds. The number of nitrogens with one attached hydrogen (secondary N) is 2. The number of rotatable bonds is 6. The summed E-state index contributed by atoms with van der Waals surface area (Å²) in [4.78, 5) is 4.52. The molecule has 1 unspecified atom stereocenters. The summed E-state index contributed by atoms with van der Waals surface area (Å²) in [6, 6.07) is 9.99. The van der Waals surface area contributed by atoms with E-state index in [1.165, 1.54) is 0 Å². The summed E-state index contributed by atoms with van der Waals surface area (Å²) in [5.41, 5.74) is 0. The molecule has 0 aliphatic carbocycles. The molecule has 4 heteroatoms. The fourth-order valence-electron chi connectivity index (χ4n) is 1.85. The van der Waals surface area contributed by atoms with E-state index < -0.39 is 0 Å².